The summed E-state index contributed by atoms with van der Waals surface area (Å²) in [4.78, 5) is 12.0. The van der Waals surface area contributed by atoms with Crippen molar-refractivity contribution in [3.8, 4) is 23.0 Å². The molecule has 2 aromatic carbocycles. The molecule has 0 bridgehead atoms. The van der Waals surface area contributed by atoms with Crippen LogP contribution in [0.1, 0.15) is 22.3 Å². The molecule has 2 aromatic rings. The Morgan fingerprint density at radius 2 is 1.45 bits per heavy atom. The van der Waals surface area contributed by atoms with Gasteiger partial charge in [-0.05, 0) is 30.2 Å². The van der Waals surface area contributed by atoms with Gasteiger partial charge in [-0.15, -0.1) is 0 Å². The van der Waals surface area contributed by atoms with Gasteiger partial charge in [-0.3, -0.25) is 4.79 Å². The fourth-order valence-corrected chi connectivity index (χ4v) is 1.92. The van der Waals surface area contributed by atoms with Gasteiger partial charge in [0.15, 0.2) is 28.8 Å². The average molecular weight is 274 g/mol. The van der Waals surface area contributed by atoms with Crippen LogP contribution in [0.15, 0.2) is 36.4 Å². The van der Waals surface area contributed by atoms with Gasteiger partial charge < -0.3 is 20.4 Å². The SMILES string of the molecule is O=C(CCc1cccc(O)c1O)c1cccc(O)c1O. The molecule has 0 saturated carbocycles. The zero-order valence-electron chi connectivity index (χ0n) is 10.6. The number of para-hydroxylation sites is 2. The summed E-state index contributed by atoms with van der Waals surface area (Å²) in [6.45, 7) is 0. The molecule has 0 saturated heterocycles. The van der Waals surface area contributed by atoms with Crippen LogP contribution in [0, 0.1) is 0 Å². The number of Topliss-reactive ketones (excluding diaryl/α,β-unsaturated/α-hetero) is 1. The second kappa shape index (κ2) is 5.52. The predicted molar refractivity (Wildman–Crippen MR) is 72.2 cm³/mol. The predicted octanol–water partition coefficient (Wildman–Crippen LogP) is 2.32. The van der Waals surface area contributed by atoms with Crippen molar-refractivity contribution in [3.05, 3.63) is 47.5 Å². The molecule has 0 aliphatic rings. The average Bonchev–Trinajstić information content (AvgIpc) is 2.43. The Morgan fingerprint density at radius 3 is 2.15 bits per heavy atom. The van der Waals surface area contributed by atoms with Gasteiger partial charge in [0.1, 0.15) is 0 Å². The molecule has 0 radical (unpaired) electrons. The number of ketones is 1. The summed E-state index contributed by atoms with van der Waals surface area (Å²) in [5.41, 5.74) is 0.475. The minimum atomic E-state index is -0.447. The lowest BCUT2D eigenvalue weighted by Crippen LogP contribution is -2.02. The first-order chi connectivity index (χ1) is 9.50. The first-order valence-corrected chi connectivity index (χ1v) is 6.04. The fraction of sp³-hybridized carbons (Fsp3) is 0.133. The summed E-state index contributed by atoms with van der Waals surface area (Å²) in [6.07, 6.45) is 0.252. The zero-order chi connectivity index (χ0) is 14.7. The summed E-state index contributed by atoms with van der Waals surface area (Å²) < 4.78 is 0. The molecule has 0 fully saturated rings. The van der Waals surface area contributed by atoms with Crippen molar-refractivity contribution < 1.29 is 25.2 Å². The second-order valence-electron chi connectivity index (χ2n) is 4.38. The lowest BCUT2D eigenvalue weighted by atomic mass is 10.0. The summed E-state index contributed by atoms with van der Waals surface area (Å²) in [5, 5.41) is 37.9. The molecule has 104 valence electrons. The van der Waals surface area contributed by atoms with Crippen LogP contribution >= 0.6 is 0 Å². The third-order valence-corrected chi connectivity index (χ3v) is 3.03. The van der Waals surface area contributed by atoms with Crippen LogP contribution in [0.25, 0.3) is 0 Å². The monoisotopic (exact) mass is 274 g/mol. The number of hydrogen-bond donors (Lipinski definition) is 4. The number of rotatable bonds is 4. The van der Waals surface area contributed by atoms with E-state index in [2.05, 4.69) is 0 Å². The van der Waals surface area contributed by atoms with Gasteiger partial charge >= 0.3 is 0 Å². The first kappa shape index (κ1) is 13.7. The highest BCUT2D eigenvalue weighted by Gasteiger charge is 2.15. The Morgan fingerprint density at radius 1 is 0.850 bits per heavy atom. The summed E-state index contributed by atoms with van der Waals surface area (Å²) >= 11 is 0. The molecule has 5 heteroatoms. The van der Waals surface area contributed by atoms with Crippen LogP contribution in [0.4, 0.5) is 0 Å². The van der Waals surface area contributed by atoms with E-state index in [0.29, 0.717) is 5.56 Å². The van der Waals surface area contributed by atoms with Crippen molar-refractivity contribution in [1.29, 1.82) is 0 Å². The van der Waals surface area contributed by atoms with Gasteiger partial charge in [-0.2, -0.15) is 0 Å². The minimum absolute atomic E-state index is 0.0321. The number of aryl methyl sites for hydroxylation is 1. The highest BCUT2D eigenvalue weighted by molar-refractivity contribution is 5.99. The lowest BCUT2D eigenvalue weighted by Gasteiger charge is -2.07. The maximum atomic E-state index is 12.0. The lowest BCUT2D eigenvalue weighted by molar-refractivity contribution is 0.0979. The smallest absolute Gasteiger partial charge is 0.168 e. The van der Waals surface area contributed by atoms with Crippen molar-refractivity contribution >= 4 is 5.78 Å². The Balaban J connectivity index is 2.13. The topological polar surface area (TPSA) is 98.0 Å². The molecule has 0 aliphatic carbocycles. The Kier molecular flexibility index (Phi) is 3.79. The number of carbonyl (C=O) groups excluding carboxylic acids is 1. The van der Waals surface area contributed by atoms with Crippen molar-refractivity contribution in [1.82, 2.24) is 0 Å². The maximum Gasteiger partial charge on any atom is 0.168 e. The summed E-state index contributed by atoms with van der Waals surface area (Å²) in [6, 6.07) is 8.69. The Labute approximate surface area is 115 Å². The van der Waals surface area contributed by atoms with Gasteiger partial charge in [0.25, 0.3) is 0 Å². The van der Waals surface area contributed by atoms with E-state index < -0.39 is 5.75 Å². The van der Waals surface area contributed by atoms with Gasteiger partial charge in [0.2, 0.25) is 0 Å². The second-order valence-corrected chi connectivity index (χ2v) is 4.38. The van der Waals surface area contributed by atoms with E-state index in [1.165, 1.54) is 24.3 Å². The number of carbonyl (C=O) groups is 1. The van der Waals surface area contributed by atoms with Crippen LogP contribution < -0.4 is 0 Å². The molecule has 0 unspecified atom stereocenters. The minimum Gasteiger partial charge on any atom is -0.504 e. The van der Waals surface area contributed by atoms with Gasteiger partial charge in [-0.25, -0.2) is 0 Å². The van der Waals surface area contributed by atoms with E-state index in [1.54, 1.807) is 12.1 Å². The van der Waals surface area contributed by atoms with Crippen LogP contribution in [-0.2, 0) is 6.42 Å². The molecular formula is C15H14O5. The van der Waals surface area contributed by atoms with Gasteiger partial charge in [-0.1, -0.05) is 18.2 Å². The molecule has 0 aliphatic heterocycles. The normalized spacial score (nSPS) is 10.4. The maximum absolute atomic E-state index is 12.0. The summed E-state index contributed by atoms with van der Waals surface area (Å²) in [5.74, 6) is -1.65. The highest BCUT2D eigenvalue weighted by Crippen LogP contribution is 2.31. The number of benzene rings is 2. The molecule has 20 heavy (non-hydrogen) atoms. The largest absolute Gasteiger partial charge is 0.504 e. The number of hydrogen-bond acceptors (Lipinski definition) is 5. The van der Waals surface area contributed by atoms with Crippen molar-refractivity contribution in [2.75, 3.05) is 0 Å². The molecule has 0 atom stereocenters. The van der Waals surface area contributed by atoms with Crippen molar-refractivity contribution in [3.63, 3.8) is 0 Å². The number of phenols is 4. The highest BCUT2D eigenvalue weighted by atomic mass is 16.3. The fourth-order valence-electron chi connectivity index (χ4n) is 1.92. The summed E-state index contributed by atoms with van der Waals surface area (Å²) in [7, 11) is 0. The molecule has 0 heterocycles. The molecular weight excluding hydrogens is 260 g/mol. The van der Waals surface area contributed by atoms with Crippen LogP contribution in [0.2, 0.25) is 0 Å². The van der Waals surface area contributed by atoms with E-state index >= 15 is 0 Å². The van der Waals surface area contributed by atoms with Crippen molar-refractivity contribution in [2.45, 2.75) is 12.8 Å². The van der Waals surface area contributed by atoms with E-state index in [1.807, 2.05) is 0 Å². The first-order valence-electron chi connectivity index (χ1n) is 6.04. The Hall–Kier alpha value is -2.69. The molecule has 0 spiro atoms. The third kappa shape index (κ3) is 2.66. The number of aromatic hydroxyl groups is 4. The molecule has 4 N–H and O–H groups in total. The molecule has 0 aromatic heterocycles. The third-order valence-electron chi connectivity index (χ3n) is 3.03. The quantitative estimate of drug-likeness (QED) is 0.506. The standard InChI is InChI=1S/C15H14O5/c16-11(10-4-2-6-13(18)15(10)20)8-7-9-3-1-5-12(17)14(9)19/h1-6,17-20H,7-8H2. The molecule has 0 amide bonds. The molecule has 2 rings (SSSR count). The van der Waals surface area contributed by atoms with Crippen LogP contribution in [0.5, 0.6) is 23.0 Å². The van der Waals surface area contributed by atoms with E-state index in [4.69, 9.17) is 0 Å². The van der Waals surface area contributed by atoms with Crippen LogP contribution in [-0.4, -0.2) is 26.2 Å². The van der Waals surface area contributed by atoms with Crippen LogP contribution in [0.3, 0.4) is 0 Å². The van der Waals surface area contributed by atoms with E-state index in [-0.39, 0.29) is 41.4 Å². The molecule has 5 nitrogen and oxygen atoms in total. The zero-order valence-corrected chi connectivity index (χ0v) is 10.6. The van der Waals surface area contributed by atoms with Gasteiger partial charge in [0, 0.05) is 6.42 Å². The van der Waals surface area contributed by atoms with E-state index in [0.717, 1.165) is 0 Å². The Bertz CT molecular complexity index is 649. The van der Waals surface area contributed by atoms with E-state index in [9.17, 15) is 25.2 Å². The van der Waals surface area contributed by atoms with Gasteiger partial charge in [0.05, 0.1) is 5.56 Å². The van der Waals surface area contributed by atoms with Crippen molar-refractivity contribution in [2.24, 2.45) is 0 Å². The number of phenolic OH excluding ortho intramolecular Hbond substituents is 4.